The summed E-state index contributed by atoms with van der Waals surface area (Å²) in [7, 11) is 0. The van der Waals surface area contributed by atoms with E-state index in [4.69, 9.17) is 9.47 Å². The molecular weight excluding hydrogens is 220 g/mol. The summed E-state index contributed by atoms with van der Waals surface area (Å²) in [6.07, 6.45) is 0. The number of amidine groups is 1. The van der Waals surface area contributed by atoms with Crippen LogP contribution in [0, 0.1) is 0 Å². The fourth-order valence-electron chi connectivity index (χ4n) is 1.49. The van der Waals surface area contributed by atoms with Crippen LogP contribution in [0.3, 0.4) is 0 Å². The number of hydrogen-bond acceptors (Lipinski definition) is 4. The molecule has 0 atom stereocenters. The van der Waals surface area contributed by atoms with Crippen LogP contribution in [0.1, 0.15) is 6.92 Å². The fraction of sp³-hybridized carbons (Fsp3) is 0.333. The number of ether oxygens (including phenoxy) is 2. The van der Waals surface area contributed by atoms with Gasteiger partial charge < -0.3 is 14.8 Å². The van der Waals surface area contributed by atoms with Gasteiger partial charge in [-0.1, -0.05) is 12.1 Å². The predicted octanol–water partition coefficient (Wildman–Crippen LogP) is 1.45. The largest absolute Gasteiger partial charge is 0.484 e. The third-order valence-corrected chi connectivity index (χ3v) is 2.23. The Morgan fingerprint density at radius 1 is 1.53 bits per heavy atom. The van der Waals surface area contributed by atoms with Crippen LogP contribution in [0.25, 0.3) is 0 Å². The van der Waals surface area contributed by atoms with E-state index >= 15 is 0 Å². The molecule has 0 unspecified atom stereocenters. The molecule has 0 aromatic heterocycles. The minimum absolute atomic E-state index is 0.0156. The second-order valence-electron chi connectivity index (χ2n) is 3.48. The van der Waals surface area contributed by atoms with Crippen molar-refractivity contribution in [1.29, 1.82) is 0 Å². The van der Waals surface area contributed by atoms with Crippen molar-refractivity contribution in [3.63, 3.8) is 0 Å². The summed E-state index contributed by atoms with van der Waals surface area (Å²) in [5.41, 5.74) is 0.862. The maximum absolute atomic E-state index is 11.1. The van der Waals surface area contributed by atoms with Gasteiger partial charge in [-0.3, -0.25) is 9.79 Å². The molecule has 0 radical (unpaired) electrons. The van der Waals surface area contributed by atoms with Crippen LogP contribution in [0.5, 0.6) is 5.75 Å². The smallest absolute Gasteiger partial charge is 0.327 e. The summed E-state index contributed by atoms with van der Waals surface area (Å²) in [6, 6.07) is 7.59. The molecule has 17 heavy (non-hydrogen) atoms. The van der Waals surface area contributed by atoms with Crippen LogP contribution in [0.2, 0.25) is 0 Å². The Morgan fingerprint density at radius 3 is 3.18 bits per heavy atom. The van der Waals surface area contributed by atoms with Gasteiger partial charge in [0.2, 0.25) is 0 Å². The number of para-hydroxylation sites is 2. The standard InChI is InChI=1S/C12H14N2O3/c1-2-16-12(15)7-13-11-8-17-10-6-4-3-5-9(10)14-11/h3-6H,2,7-8H2,1H3,(H,13,14). The molecule has 0 bridgehead atoms. The molecule has 0 saturated heterocycles. The SMILES string of the molecule is CCOC(=O)CN=C1COc2ccccc2N1. The number of carbonyl (C=O) groups is 1. The minimum atomic E-state index is -0.333. The van der Waals surface area contributed by atoms with E-state index in [1.165, 1.54) is 0 Å². The van der Waals surface area contributed by atoms with Crippen molar-refractivity contribution in [1.82, 2.24) is 0 Å². The van der Waals surface area contributed by atoms with Gasteiger partial charge in [0.15, 0.2) is 0 Å². The zero-order valence-electron chi connectivity index (χ0n) is 9.60. The molecule has 2 rings (SSSR count). The highest BCUT2D eigenvalue weighted by molar-refractivity contribution is 6.00. The second-order valence-corrected chi connectivity index (χ2v) is 3.48. The quantitative estimate of drug-likeness (QED) is 0.804. The van der Waals surface area contributed by atoms with E-state index in [0.717, 1.165) is 11.4 Å². The summed E-state index contributed by atoms with van der Waals surface area (Å²) in [5, 5.41) is 3.11. The monoisotopic (exact) mass is 234 g/mol. The van der Waals surface area contributed by atoms with E-state index in [-0.39, 0.29) is 12.5 Å². The molecule has 1 aromatic rings. The number of nitrogens with zero attached hydrogens (tertiary/aromatic N) is 1. The Balaban J connectivity index is 1.98. The van der Waals surface area contributed by atoms with Crippen molar-refractivity contribution >= 4 is 17.5 Å². The maximum atomic E-state index is 11.1. The number of aliphatic imine (C=N–C) groups is 1. The number of anilines is 1. The number of carbonyl (C=O) groups excluding carboxylic acids is 1. The summed E-state index contributed by atoms with van der Waals surface area (Å²) in [4.78, 5) is 15.2. The van der Waals surface area contributed by atoms with Gasteiger partial charge >= 0.3 is 5.97 Å². The third-order valence-electron chi connectivity index (χ3n) is 2.23. The molecule has 5 nitrogen and oxygen atoms in total. The summed E-state index contributed by atoms with van der Waals surface area (Å²) >= 11 is 0. The Bertz CT molecular complexity index is 443. The van der Waals surface area contributed by atoms with E-state index < -0.39 is 0 Å². The Kier molecular flexibility index (Phi) is 3.59. The summed E-state index contributed by atoms with van der Waals surface area (Å²) in [6.45, 7) is 2.50. The highest BCUT2D eigenvalue weighted by Gasteiger charge is 2.13. The number of fused-ring (bicyclic) bond motifs is 1. The normalized spacial score (nSPS) is 15.7. The van der Waals surface area contributed by atoms with Crippen molar-refractivity contribution in [2.45, 2.75) is 6.92 Å². The first kappa shape index (κ1) is 11.4. The number of benzene rings is 1. The molecular formula is C12H14N2O3. The molecule has 0 saturated carbocycles. The highest BCUT2D eigenvalue weighted by atomic mass is 16.5. The second kappa shape index (κ2) is 5.34. The zero-order chi connectivity index (χ0) is 12.1. The van der Waals surface area contributed by atoms with Crippen molar-refractivity contribution in [3.05, 3.63) is 24.3 Å². The number of hydrogen-bond donors (Lipinski definition) is 1. The number of esters is 1. The fourth-order valence-corrected chi connectivity index (χ4v) is 1.49. The Morgan fingerprint density at radius 2 is 2.35 bits per heavy atom. The van der Waals surface area contributed by atoms with Crippen molar-refractivity contribution in [3.8, 4) is 5.75 Å². The lowest BCUT2D eigenvalue weighted by atomic mass is 10.2. The summed E-state index contributed by atoms with van der Waals surface area (Å²) < 4.78 is 10.3. The highest BCUT2D eigenvalue weighted by Crippen LogP contribution is 2.26. The lowest BCUT2D eigenvalue weighted by Gasteiger charge is -2.20. The van der Waals surface area contributed by atoms with E-state index in [0.29, 0.717) is 19.0 Å². The molecule has 1 N–H and O–H groups in total. The van der Waals surface area contributed by atoms with Crippen molar-refractivity contribution in [2.75, 3.05) is 25.1 Å². The number of nitrogens with one attached hydrogen (secondary N) is 1. The average Bonchev–Trinajstić information content (AvgIpc) is 2.36. The van der Waals surface area contributed by atoms with E-state index in [2.05, 4.69) is 10.3 Å². The molecule has 1 aliphatic heterocycles. The van der Waals surface area contributed by atoms with Crippen LogP contribution in [-0.2, 0) is 9.53 Å². The van der Waals surface area contributed by atoms with Crippen LogP contribution < -0.4 is 10.1 Å². The first-order valence-electron chi connectivity index (χ1n) is 5.47. The Labute approximate surface area is 99.4 Å². The van der Waals surface area contributed by atoms with Gasteiger partial charge in [-0.05, 0) is 19.1 Å². The molecule has 0 fully saturated rings. The molecule has 0 spiro atoms. The van der Waals surface area contributed by atoms with Crippen LogP contribution in [0.15, 0.2) is 29.3 Å². The Hall–Kier alpha value is -2.04. The molecule has 90 valence electrons. The third kappa shape index (κ3) is 2.96. The van der Waals surface area contributed by atoms with Gasteiger partial charge in [-0.2, -0.15) is 0 Å². The number of rotatable bonds is 3. The van der Waals surface area contributed by atoms with Gasteiger partial charge in [-0.15, -0.1) is 0 Å². The predicted molar refractivity (Wildman–Crippen MR) is 64.5 cm³/mol. The lowest BCUT2D eigenvalue weighted by molar-refractivity contribution is -0.141. The molecule has 0 aliphatic carbocycles. The molecule has 0 amide bonds. The topological polar surface area (TPSA) is 59.9 Å². The van der Waals surface area contributed by atoms with Gasteiger partial charge in [0.25, 0.3) is 0 Å². The lowest BCUT2D eigenvalue weighted by Crippen LogP contribution is -2.27. The molecule has 1 aliphatic rings. The van der Waals surface area contributed by atoms with Gasteiger partial charge in [-0.25, -0.2) is 0 Å². The van der Waals surface area contributed by atoms with E-state index in [9.17, 15) is 4.79 Å². The average molecular weight is 234 g/mol. The summed E-state index contributed by atoms with van der Waals surface area (Å²) in [5.74, 6) is 1.10. The van der Waals surface area contributed by atoms with Crippen molar-refractivity contribution in [2.24, 2.45) is 4.99 Å². The van der Waals surface area contributed by atoms with Crippen LogP contribution in [0.4, 0.5) is 5.69 Å². The molecule has 1 aromatic carbocycles. The zero-order valence-corrected chi connectivity index (χ0v) is 9.60. The first-order valence-corrected chi connectivity index (χ1v) is 5.47. The van der Waals surface area contributed by atoms with Crippen LogP contribution in [-0.4, -0.2) is 31.6 Å². The molecule has 5 heteroatoms. The van der Waals surface area contributed by atoms with Gasteiger partial charge in [0, 0.05) is 0 Å². The van der Waals surface area contributed by atoms with Gasteiger partial charge in [0.05, 0.1) is 12.3 Å². The minimum Gasteiger partial charge on any atom is -0.484 e. The first-order chi connectivity index (χ1) is 8.29. The van der Waals surface area contributed by atoms with Crippen molar-refractivity contribution < 1.29 is 14.3 Å². The maximum Gasteiger partial charge on any atom is 0.327 e. The van der Waals surface area contributed by atoms with Gasteiger partial charge in [0.1, 0.15) is 24.7 Å². The van der Waals surface area contributed by atoms with E-state index in [1.54, 1.807) is 6.92 Å². The van der Waals surface area contributed by atoms with Crippen LogP contribution >= 0.6 is 0 Å². The van der Waals surface area contributed by atoms with E-state index in [1.807, 2.05) is 24.3 Å². The molecule has 1 heterocycles.